The van der Waals surface area contributed by atoms with Gasteiger partial charge >= 0.3 is 6.18 Å². The molecule has 1 fully saturated rings. The number of nitrogens with zero attached hydrogens (tertiary/aromatic N) is 2. The molecule has 0 spiro atoms. The number of anilines is 2. The van der Waals surface area contributed by atoms with Gasteiger partial charge in [-0.05, 0) is 43.2 Å². The molecule has 0 aliphatic heterocycles. The molecule has 0 atom stereocenters. The maximum atomic E-state index is 12.9. The maximum absolute atomic E-state index is 12.9. The Morgan fingerprint density at radius 1 is 1.24 bits per heavy atom. The van der Waals surface area contributed by atoms with Gasteiger partial charge < -0.3 is 10.6 Å². The minimum atomic E-state index is -4.40. The van der Waals surface area contributed by atoms with E-state index in [1.807, 2.05) is 4.90 Å². The first-order chi connectivity index (χ1) is 9.58. The summed E-state index contributed by atoms with van der Waals surface area (Å²) in [5.41, 5.74) is 5.10. The first kappa shape index (κ1) is 15.9. The molecule has 0 radical (unpaired) electrons. The van der Waals surface area contributed by atoms with Crippen LogP contribution in [0.4, 0.5) is 24.8 Å². The van der Waals surface area contributed by atoms with Crippen LogP contribution in [0.5, 0.6) is 0 Å². The lowest BCUT2D eigenvalue weighted by molar-refractivity contribution is -0.137. The Morgan fingerprint density at radius 3 is 2.33 bits per heavy atom. The number of halogens is 3. The average molecular weight is 301 g/mol. The summed E-state index contributed by atoms with van der Waals surface area (Å²) in [5.74, 6) is 0.204. The summed E-state index contributed by atoms with van der Waals surface area (Å²) in [6.07, 6.45) is -0.350. The highest BCUT2D eigenvalue weighted by Gasteiger charge is 2.33. The molecule has 2 rings (SSSR count). The van der Waals surface area contributed by atoms with E-state index in [0.29, 0.717) is 11.2 Å². The lowest BCUT2D eigenvalue weighted by Crippen LogP contribution is -2.37. The Kier molecular flexibility index (Phi) is 4.08. The zero-order valence-electron chi connectivity index (χ0n) is 12.7. The molecular weight excluding hydrogens is 279 g/mol. The third-order valence-corrected chi connectivity index (χ3v) is 4.38. The molecule has 0 amide bonds. The molecular formula is C15H22F3N3. The summed E-state index contributed by atoms with van der Waals surface area (Å²) in [6.45, 7) is 4.45. The molecule has 2 N–H and O–H groups in total. The van der Waals surface area contributed by atoms with Gasteiger partial charge in [-0.1, -0.05) is 13.8 Å². The summed E-state index contributed by atoms with van der Waals surface area (Å²) in [7, 11) is 1.80. The molecule has 1 aromatic rings. The highest BCUT2D eigenvalue weighted by Crippen LogP contribution is 2.38. The summed E-state index contributed by atoms with van der Waals surface area (Å²) in [5, 5.41) is 0. The Hall–Kier alpha value is -1.46. The SMILES string of the molecule is CN(c1cc(C(F)(F)F)cc(N)n1)C1CCC(C)(C)CC1. The minimum Gasteiger partial charge on any atom is -0.384 e. The lowest BCUT2D eigenvalue weighted by Gasteiger charge is -2.39. The van der Waals surface area contributed by atoms with Gasteiger partial charge in [-0.2, -0.15) is 13.2 Å². The van der Waals surface area contributed by atoms with Gasteiger partial charge in [0.2, 0.25) is 0 Å². The van der Waals surface area contributed by atoms with Crippen molar-refractivity contribution in [3.05, 3.63) is 17.7 Å². The topological polar surface area (TPSA) is 42.1 Å². The fraction of sp³-hybridized carbons (Fsp3) is 0.667. The molecule has 6 heteroatoms. The molecule has 1 heterocycles. The Morgan fingerprint density at radius 2 is 1.81 bits per heavy atom. The first-order valence-electron chi connectivity index (χ1n) is 7.16. The molecule has 1 saturated carbocycles. The number of rotatable bonds is 2. The normalized spacial score (nSPS) is 19.5. The monoisotopic (exact) mass is 301 g/mol. The van der Waals surface area contributed by atoms with Crippen molar-refractivity contribution >= 4 is 11.6 Å². The molecule has 0 bridgehead atoms. The number of alkyl halides is 3. The van der Waals surface area contributed by atoms with Gasteiger partial charge in [0, 0.05) is 13.1 Å². The smallest absolute Gasteiger partial charge is 0.384 e. The van der Waals surface area contributed by atoms with Crippen LogP contribution in [0, 0.1) is 5.41 Å². The van der Waals surface area contributed by atoms with Crippen molar-refractivity contribution < 1.29 is 13.2 Å². The Labute approximate surface area is 123 Å². The van der Waals surface area contributed by atoms with E-state index in [1.165, 1.54) is 0 Å². The van der Waals surface area contributed by atoms with Crippen molar-refractivity contribution in [1.82, 2.24) is 4.98 Å². The predicted molar refractivity (Wildman–Crippen MR) is 78.1 cm³/mol. The zero-order valence-corrected chi connectivity index (χ0v) is 12.7. The zero-order chi connectivity index (χ0) is 15.8. The van der Waals surface area contributed by atoms with Crippen molar-refractivity contribution in [2.75, 3.05) is 17.7 Å². The van der Waals surface area contributed by atoms with E-state index in [1.54, 1.807) is 7.05 Å². The molecule has 0 aromatic carbocycles. The van der Waals surface area contributed by atoms with E-state index in [-0.39, 0.29) is 11.9 Å². The van der Waals surface area contributed by atoms with Crippen molar-refractivity contribution in [2.24, 2.45) is 5.41 Å². The van der Waals surface area contributed by atoms with Gasteiger partial charge in [0.05, 0.1) is 5.56 Å². The molecule has 1 aliphatic carbocycles. The number of nitrogen functional groups attached to an aromatic ring is 1. The Balaban J connectivity index is 2.20. The van der Waals surface area contributed by atoms with Crippen molar-refractivity contribution in [2.45, 2.75) is 51.7 Å². The minimum absolute atomic E-state index is 0.0946. The van der Waals surface area contributed by atoms with Crippen LogP contribution in [0.15, 0.2) is 12.1 Å². The summed E-state index contributed by atoms with van der Waals surface area (Å²) < 4.78 is 38.6. The van der Waals surface area contributed by atoms with Crippen LogP contribution in [-0.4, -0.2) is 18.1 Å². The van der Waals surface area contributed by atoms with E-state index in [2.05, 4.69) is 18.8 Å². The predicted octanol–water partition coefficient (Wildman–Crippen LogP) is 4.09. The van der Waals surface area contributed by atoms with Gasteiger partial charge in [0.15, 0.2) is 0 Å². The number of aromatic nitrogens is 1. The summed E-state index contributed by atoms with van der Waals surface area (Å²) in [6, 6.07) is 2.17. The van der Waals surface area contributed by atoms with Crippen LogP contribution >= 0.6 is 0 Å². The second kappa shape index (κ2) is 5.39. The second-order valence-corrected chi connectivity index (χ2v) is 6.64. The molecule has 0 unspecified atom stereocenters. The van der Waals surface area contributed by atoms with Gasteiger partial charge in [0.25, 0.3) is 0 Å². The number of nitrogens with two attached hydrogens (primary N) is 1. The fourth-order valence-corrected chi connectivity index (χ4v) is 2.84. The van der Waals surface area contributed by atoms with E-state index >= 15 is 0 Å². The molecule has 118 valence electrons. The highest BCUT2D eigenvalue weighted by atomic mass is 19.4. The van der Waals surface area contributed by atoms with Gasteiger partial charge in [0.1, 0.15) is 11.6 Å². The standard InChI is InChI=1S/C15H22F3N3/c1-14(2)6-4-11(5-7-14)21(3)13-9-10(15(16,17)18)8-12(19)20-13/h8-9,11H,4-7H2,1-3H3,(H2,19,20). The third-order valence-electron chi connectivity index (χ3n) is 4.38. The molecule has 1 aliphatic rings. The third kappa shape index (κ3) is 3.80. The molecule has 0 saturated heterocycles. The van der Waals surface area contributed by atoms with Crippen LogP contribution in [0.3, 0.4) is 0 Å². The fourth-order valence-electron chi connectivity index (χ4n) is 2.84. The van der Waals surface area contributed by atoms with E-state index < -0.39 is 11.7 Å². The van der Waals surface area contributed by atoms with E-state index in [4.69, 9.17) is 5.73 Å². The maximum Gasteiger partial charge on any atom is 0.416 e. The summed E-state index contributed by atoms with van der Waals surface area (Å²) >= 11 is 0. The van der Waals surface area contributed by atoms with Crippen molar-refractivity contribution in [1.29, 1.82) is 0 Å². The van der Waals surface area contributed by atoms with E-state index in [0.717, 1.165) is 37.8 Å². The molecule has 3 nitrogen and oxygen atoms in total. The highest BCUT2D eigenvalue weighted by molar-refractivity contribution is 5.49. The number of hydrogen-bond donors (Lipinski definition) is 1. The molecule has 21 heavy (non-hydrogen) atoms. The van der Waals surface area contributed by atoms with Crippen LogP contribution in [0.2, 0.25) is 0 Å². The van der Waals surface area contributed by atoms with Crippen molar-refractivity contribution in [3.63, 3.8) is 0 Å². The number of hydrogen-bond acceptors (Lipinski definition) is 3. The average Bonchev–Trinajstić information content (AvgIpc) is 2.36. The Bertz CT molecular complexity index is 501. The van der Waals surface area contributed by atoms with Gasteiger partial charge in [-0.25, -0.2) is 4.98 Å². The first-order valence-corrected chi connectivity index (χ1v) is 7.16. The van der Waals surface area contributed by atoms with Gasteiger partial charge in [-0.3, -0.25) is 0 Å². The van der Waals surface area contributed by atoms with Crippen LogP contribution in [-0.2, 0) is 6.18 Å². The largest absolute Gasteiger partial charge is 0.416 e. The van der Waals surface area contributed by atoms with Crippen LogP contribution < -0.4 is 10.6 Å². The second-order valence-electron chi connectivity index (χ2n) is 6.64. The number of pyridine rings is 1. The van der Waals surface area contributed by atoms with Crippen LogP contribution in [0.1, 0.15) is 45.1 Å². The lowest BCUT2D eigenvalue weighted by atomic mass is 9.75. The summed E-state index contributed by atoms with van der Waals surface area (Å²) in [4.78, 5) is 5.90. The van der Waals surface area contributed by atoms with Gasteiger partial charge in [-0.15, -0.1) is 0 Å². The van der Waals surface area contributed by atoms with Crippen molar-refractivity contribution in [3.8, 4) is 0 Å². The van der Waals surface area contributed by atoms with E-state index in [9.17, 15) is 13.2 Å². The quantitative estimate of drug-likeness (QED) is 0.894. The van der Waals surface area contributed by atoms with Crippen LogP contribution in [0.25, 0.3) is 0 Å². The molecule has 1 aromatic heterocycles.